The Kier molecular flexibility index (Phi) is 4.70. The van der Waals surface area contributed by atoms with Gasteiger partial charge in [0.05, 0.1) is 11.8 Å². The quantitative estimate of drug-likeness (QED) is 0.438. The number of amides is 1. The van der Waals surface area contributed by atoms with Gasteiger partial charge in [-0.05, 0) is 23.6 Å². The van der Waals surface area contributed by atoms with Crippen molar-refractivity contribution in [1.29, 1.82) is 5.26 Å². The van der Waals surface area contributed by atoms with Crippen molar-refractivity contribution in [3.8, 4) is 11.8 Å². The second-order valence-corrected chi connectivity index (χ2v) is 6.11. The highest BCUT2D eigenvalue weighted by molar-refractivity contribution is 6.11. The molecule has 0 bridgehead atoms. The van der Waals surface area contributed by atoms with Crippen LogP contribution in [0.25, 0.3) is 10.8 Å². The van der Waals surface area contributed by atoms with Crippen LogP contribution in [0.15, 0.2) is 77.1 Å². The van der Waals surface area contributed by atoms with E-state index in [1.165, 1.54) is 6.20 Å². The van der Waals surface area contributed by atoms with Gasteiger partial charge in [0.25, 0.3) is 5.91 Å². The number of H-pyrrole nitrogens is 1. The summed E-state index contributed by atoms with van der Waals surface area (Å²) < 4.78 is 0. The number of phenolic OH excluding ortho intramolecular Hbond substituents is 1. The molecule has 0 saturated carbocycles. The summed E-state index contributed by atoms with van der Waals surface area (Å²) in [5.74, 6) is -0.621. The number of fused-ring (bicyclic) bond motifs is 1. The largest absolute Gasteiger partial charge is 0.505 e. The summed E-state index contributed by atoms with van der Waals surface area (Å²) in [5.41, 5.74) is 1.01. The van der Waals surface area contributed by atoms with Gasteiger partial charge in [-0.2, -0.15) is 10.4 Å². The monoisotopic (exact) mass is 382 g/mol. The molecule has 29 heavy (non-hydrogen) atoms. The Labute approximate surface area is 165 Å². The normalized spacial score (nSPS) is 10.9. The molecule has 0 radical (unpaired) electrons. The number of hydrogen-bond acceptors (Lipinski definition) is 6. The first-order valence-corrected chi connectivity index (χ1v) is 8.63. The van der Waals surface area contributed by atoms with E-state index in [0.717, 1.165) is 0 Å². The molecule has 1 aromatic heterocycles. The van der Waals surface area contributed by atoms with Gasteiger partial charge in [-0.1, -0.05) is 42.5 Å². The molecule has 140 valence electrons. The molecule has 4 rings (SSSR count). The zero-order valence-corrected chi connectivity index (χ0v) is 15.0. The number of azo groups is 1. The average Bonchev–Trinajstić information content (AvgIpc) is 3.21. The molecule has 1 amide bonds. The maximum absolute atomic E-state index is 12.8. The van der Waals surface area contributed by atoms with Crippen LogP contribution in [0.3, 0.4) is 0 Å². The number of hydrogen-bond donors (Lipinski definition) is 3. The van der Waals surface area contributed by atoms with E-state index in [9.17, 15) is 9.90 Å². The SMILES string of the molecule is N#Cc1cn[nH]c1N=Nc1c(O)c(C(=O)Nc2ccccc2)cc2ccccc12. The number of aromatic nitrogens is 2. The minimum absolute atomic E-state index is 0.0617. The van der Waals surface area contributed by atoms with Crippen molar-refractivity contribution in [1.82, 2.24) is 10.2 Å². The van der Waals surface area contributed by atoms with Crippen molar-refractivity contribution in [2.75, 3.05) is 5.32 Å². The first kappa shape index (κ1) is 17.9. The van der Waals surface area contributed by atoms with Gasteiger partial charge in [0.1, 0.15) is 17.3 Å². The zero-order valence-electron chi connectivity index (χ0n) is 15.0. The lowest BCUT2D eigenvalue weighted by Gasteiger charge is -2.11. The van der Waals surface area contributed by atoms with Crippen LogP contribution < -0.4 is 5.32 Å². The first-order chi connectivity index (χ1) is 14.2. The van der Waals surface area contributed by atoms with E-state index in [4.69, 9.17) is 5.26 Å². The number of nitrogens with one attached hydrogen (secondary N) is 2. The molecule has 0 unspecified atom stereocenters. The minimum atomic E-state index is -0.477. The number of carbonyl (C=O) groups is 1. The highest BCUT2D eigenvalue weighted by atomic mass is 16.3. The maximum atomic E-state index is 12.8. The number of rotatable bonds is 4. The van der Waals surface area contributed by atoms with Crippen LogP contribution in [0, 0.1) is 11.3 Å². The molecule has 0 aliphatic rings. The van der Waals surface area contributed by atoms with Crippen molar-refractivity contribution >= 4 is 33.9 Å². The van der Waals surface area contributed by atoms with E-state index in [1.54, 1.807) is 42.5 Å². The van der Waals surface area contributed by atoms with Gasteiger partial charge in [-0.3, -0.25) is 9.89 Å². The van der Waals surface area contributed by atoms with Gasteiger partial charge in [0.15, 0.2) is 11.6 Å². The van der Waals surface area contributed by atoms with Crippen LogP contribution in [0.4, 0.5) is 17.2 Å². The first-order valence-electron chi connectivity index (χ1n) is 8.63. The third-order valence-corrected chi connectivity index (χ3v) is 4.26. The predicted molar refractivity (Wildman–Crippen MR) is 107 cm³/mol. The summed E-state index contributed by atoms with van der Waals surface area (Å²) in [6.07, 6.45) is 1.33. The van der Waals surface area contributed by atoms with Crippen molar-refractivity contribution < 1.29 is 9.90 Å². The smallest absolute Gasteiger partial charge is 0.259 e. The molecule has 0 saturated heterocycles. The second kappa shape index (κ2) is 7.62. The van der Waals surface area contributed by atoms with Gasteiger partial charge in [0.2, 0.25) is 0 Å². The number of aromatic hydroxyl groups is 1. The second-order valence-electron chi connectivity index (χ2n) is 6.11. The zero-order chi connectivity index (χ0) is 20.2. The van der Waals surface area contributed by atoms with Crippen molar-refractivity contribution in [2.45, 2.75) is 0 Å². The molecule has 1 heterocycles. The molecule has 0 aliphatic carbocycles. The molecule has 8 nitrogen and oxygen atoms in total. The van der Waals surface area contributed by atoms with E-state index in [2.05, 4.69) is 25.7 Å². The maximum Gasteiger partial charge on any atom is 0.259 e. The number of aromatic amines is 1. The summed E-state index contributed by atoms with van der Waals surface area (Å²) in [7, 11) is 0. The molecule has 8 heteroatoms. The topological polar surface area (TPSA) is 127 Å². The fourth-order valence-electron chi connectivity index (χ4n) is 2.85. The fourth-order valence-corrected chi connectivity index (χ4v) is 2.85. The number of benzene rings is 3. The number of nitrogens with zero attached hydrogens (tertiary/aromatic N) is 4. The van der Waals surface area contributed by atoms with Crippen LogP contribution in [0.5, 0.6) is 5.75 Å². The van der Waals surface area contributed by atoms with Crippen LogP contribution in [0.2, 0.25) is 0 Å². The molecule has 0 spiro atoms. The van der Waals surface area contributed by atoms with E-state index in [-0.39, 0.29) is 28.4 Å². The highest BCUT2D eigenvalue weighted by Crippen LogP contribution is 2.39. The van der Waals surface area contributed by atoms with E-state index >= 15 is 0 Å². The summed E-state index contributed by atoms with van der Waals surface area (Å²) in [6.45, 7) is 0. The van der Waals surface area contributed by atoms with E-state index in [0.29, 0.717) is 16.5 Å². The molecule has 4 aromatic rings. The number of phenols is 1. The lowest BCUT2D eigenvalue weighted by Crippen LogP contribution is -2.12. The Bertz CT molecular complexity index is 1270. The standard InChI is InChI=1S/C21H14N6O2/c22-11-14-12-23-26-20(14)27-25-18-16-9-5-4-6-13(16)10-17(19(18)28)21(29)24-15-7-2-1-3-8-15/h1-10,12,28H,(H,23,26)(H,24,29). The van der Waals surface area contributed by atoms with Crippen LogP contribution in [0.1, 0.15) is 15.9 Å². The van der Waals surface area contributed by atoms with E-state index in [1.807, 2.05) is 24.3 Å². The van der Waals surface area contributed by atoms with Crippen molar-refractivity contribution in [3.05, 3.63) is 78.0 Å². The molecule has 3 aromatic carbocycles. The van der Waals surface area contributed by atoms with Crippen LogP contribution in [-0.2, 0) is 0 Å². The molecule has 0 fully saturated rings. The third kappa shape index (κ3) is 3.52. The van der Waals surface area contributed by atoms with Crippen LogP contribution in [-0.4, -0.2) is 21.2 Å². The Morgan fingerprint density at radius 1 is 1.10 bits per heavy atom. The third-order valence-electron chi connectivity index (χ3n) is 4.26. The summed E-state index contributed by atoms with van der Waals surface area (Å²) in [4.78, 5) is 12.8. The van der Waals surface area contributed by atoms with Gasteiger partial charge < -0.3 is 10.4 Å². The lowest BCUT2D eigenvalue weighted by atomic mass is 10.0. The Morgan fingerprint density at radius 3 is 2.66 bits per heavy atom. The Morgan fingerprint density at radius 2 is 1.86 bits per heavy atom. The predicted octanol–water partition coefficient (Wildman–Crippen LogP) is 4.81. The van der Waals surface area contributed by atoms with Crippen LogP contribution >= 0.6 is 0 Å². The van der Waals surface area contributed by atoms with Gasteiger partial charge >= 0.3 is 0 Å². The number of anilines is 1. The number of nitriles is 1. The molecule has 0 atom stereocenters. The molecule has 0 aliphatic heterocycles. The Hall–Kier alpha value is -4.51. The molecular weight excluding hydrogens is 368 g/mol. The minimum Gasteiger partial charge on any atom is -0.505 e. The summed E-state index contributed by atoms with van der Waals surface area (Å²) in [5, 5.41) is 38.4. The van der Waals surface area contributed by atoms with Crippen molar-refractivity contribution in [2.24, 2.45) is 10.2 Å². The summed E-state index contributed by atoms with van der Waals surface area (Å²) >= 11 is 0. The van der Waals surface area contributed by atoms with E-state index < -0.39 is 5.91 Å². The lowest BCUT2D eigenvalue weighted by molar-refractivity contribution is 0.102. The van der Waals surface area contributed by atoms with Gasteiger partial charge in [-0.25, -0.2) is 0 Å². The molecule has 3 N–H and O–H groups in total. The number of para-hydroxylation sites is 1. The van der Waals surface area contributed by atoms with Gasteiger partial charge in [-0.15, -0.1) is 10.2 Å². The average molecular weight is 382 g/mol. The van der Waals surface area contributed by atoms with Crippen molar-refractivity contribution in [3.63, 3.8) is 0 Å². The van der Waals surface area contributed by atoms with Gasteiger partial charge in [0, 0.05) is 11.1 Å². The fraction of sp³-hybridized carbons (Fsp3) is 0. The number of carbonyl (C=O) groups excluding carboxylic acids is 1. The summed E-state index contributed by atoms with van der Waals surface area (Å²) in [6, 6.07) is 19.7. The molecular formula is C21H14N6O2. The Balaban J connectivity index is 1.80. The highest BCUT2D eigenvalue weighted by Gasteiger charge is 2.18.